The van der Waals surface area contributed by atoms with Crippen molar-refractivity contribution in [3.63, 3.8) is 0 Å². The zero-order chi connectivity index (χ0) is 14.7. The Hall–Kier alpha value is -1.85. The van der Waals surface area contributed by atoms with Crippen molar-refractivity contribution in [3.8, 4) is 0 Å². The lowest BCUT2D eigenvalue weighted by molar-refractivity contribution is -0.155. The minimum atomic E-state index is -0.400. The van der Waals surface area contributed by atoms with Crippen LogP contribution in [-0.2, 0) is 22.7 Å². The molecule has 110 valence electrons. The predicted octanol–water partition coefficient (Wildman–Crippen LogP) is 0.872. The Morgan fingerprint density at radius 1 is 1.35 bits per heavy atom. The molecule has 0 aromatic carbocycles. The van der Waals surface area contributed by atoms with Gasteiger partial charge in [-0.1, -0.05) is 6.92 Å². The third-order valence-electron chi connectivity index (χ3n) is 3.75. The van der Waals surface area contributed by atoms with Crippen molar-refractivity contribution in [2.75, 3.05) is 13.1 Å². The van der Waals surface area contributed by atoms with Gasteiger partial charge in [-0.2, -0.15) is 0 Å². The number of imidazole rings is 1. The third kappa shape index (κ3) is 2.69. The highest BCUT2D eigenvalue weighted by molar-refractivity contribution is 5.94. The van der Waals surface area contributed by atoms with Gasteiger partial charge in [0.1, 0.15) is 6.04 Å². The number of aromatic nitrogens is 2. The molecule has 2 amide bonds. The van der Waals surface area contributed by atoms with Crippen molar-refractivity contribution >= 4 is 11.8 Å². The van der Waals surface area contributed by atoms with E-state index in [1.165, 1.54) is 0 Å². The number of amides is 2. The molecule has 2 rings (SSSR count). The van der Waals surface area contributed by atoms with Crippen LogP contribution in [0.2, 0.25) is 0 Å². The van der Waals surface area contributed by atoms with Crippen LogP contribution in [-0.4, -0.2) is 50.3 Å². The fourth-order valence-electron chi connectivity index (χ4n) is 2.57. The van der Waals surface area contributed by atoms with Crippen molar-refractivity contribution in [1.82, 2.24) is 19.4 Å². The highest BCUT2D eigenvalue weighted by Crippen LogP contribution is 2.16. The Kier molecular flexibility index (Phi) is 4.42. The second-order valence-corrected chi connectivity index (χ2v) is 5.13. The average Bonchev–Trinajstić information content (AvgIpc) is 2.88. The molecular weight excluding hydrogens is 256 g/mol. The molecule has 0 radical (unpaired) electrons. The summed E-state index contributed by atoms with van der Waals surface area (Å²) in [5.74, 6) is 0.0448. The summed E-state index contributed by atoms with van der Waals surface area (Å²) in [6, 6.07) is -0.400. The quantitative estimate of drug-likeness (QED) is 0.803. The molecule has 1 aromatic heterocycles. The lowest BCUT2D eigenvalue weighted by Gasteiger charge is -2.38. The smallest absolute Gasteiger partial charge is 0.245 e. The minimum absolute atomic E-state index is 0.00871. The Morgan fingerprint density at radius 2 is 2.10 bits per heavy atom. The average molecular weight is 278 g/mol. The number of aryl methyl sites for hydroxylation is 1. The van der Waals surface area contributed by atoms with Gasteiger partial charge in [0.05, 0.1) is 25.1 Å². The van der Waals surface area contributed by atoms with E-state index in [0.29, 0.717) is 13.1 Å². The van der Waals surface area contributed by atoms with Crippen LogP contribution >= 0.6 is 0 Å². The van der Waals surface area contributed by atoms with Crippen LogP contribution in [0.15, 0.2) is 12.5 Å². The Labute approximate surface area is 119 Å². The van der Waals surface area contributed by atoms with E-state index in [-0.39, 0.29) is 18.4 Å². The fraction of sp³-hybridized carbons (Fsp3) is 0.643. The van der Waals surface area contributed by atoms with Crippen molar-refractivity contribution in [2.45, 2.75) is 46.3 Å². The summed E-state index contributed by atoms with van der Waals surface area (Å²) < 4.78 is 1.99. The SMILES string of the molecule is CCCN1CC(=O)N(Cc2cncn2CC)[C@@H](C)C1=O. The van der Waals surface area contributed by atoms with Crippen LogP contribution in [0.25, 0.3) is 0 Å². The van der Waals surface area contributed by atoms with Gasteiger partial charge in [0.25, 0.3) is 0 Å². The Morgan fingerprint density at radius 3 is 2.75 bits per heavy atom. The van der Waals surface area contributed by atoms with Gasteiger partial charge in [-0.05, 0) is 20.3 Å². The van der Waals surface area contributed by atoms with Crippen molar-refractivity contribution in [2.24, 2.45) is 0 Å². The first-order valence-electron chi connectivity index (χ1n) is 7.15. The molecule has 1 aliphatic rings. The molecule has 1 fully saturated rings. The number of nitrogens with zero attached hydrogens (tertiary/aromatic N) is 4. The molecule has 6 heteroatoms. The van der Waals surface area contributed by atoms with Crippen LogP contribution in [0.1, 0.15) is 32.9 Å². The first-order valence-corrected chi connectivity index (χ1v) is 7.15. The largest absolute Gasteiger partial charge is 0.333 e. The summed E-state index contributed by atoms with van der Waals surface area (Å²) in [4.78, 5) is 31.9. The molecule has 1 atom stereocenters. The zero-order valence-corrected chi connectivity index (χ0v) is 12.4. The maximum atomic E-state index is 12.3. The number of hydrogen-bond donors (Lipinski definition) is 0. The third-order valence-corrected chi connectivity index (χ3v) is 3.75. The highest BCUT2D eigenvalue weighted by atomic mass is 16.2. The summed E-state index contributed by atoms with van der Waals surface area (Å²) >= 11 is 0. The number of piperazine rings is 1. The number of rotatable bonds is 5. The molecule has 0 aliphatic carbocycles. The molecule has 1 aromatic rings. The van der Waals surface area contributed by atoms with E-state index < -0.39 is 6.04 Å². The van der Waals surface area contributed by atoms with Crippen LogP contribution < -0.4 is 0 Å². The van der Waals surface area contributed by atoms with Crippen molar-refractivity contribution in [3.05, 3.63) is 18.2 Å². The highest BCUT2D eigenvalue weighted by Gasteiger charge is 2.36. The monoisotopic (exact) mass is 278 g/mol. The van der Waals surface area contributed by atoms with Gasteiger partial charge in [0, 0.05) is 19.3 Å². The van der Waals surface area contributed by atoms with E-state index in [1.807, 2.05) is 18.4 Å². The van der Waals surface area contributed by atoms with Gasteiger partial charge >= 0.3 is 0 Å². The molecular formula is C14H22N4O2. The summed E-state index contributed by atoms with van der Waals surface area (Å²) in [6.07, 6.45) is 4.38. The standard InChI is InChI=1S/C14H22N4O2/c1-4-6-17-9-13(19)18(11(3)14(17)20)8-12-7-15-10-16(12)5-2/h7,10-11H,4-6,8-9H2,1-3H3/t11-/m0/s1. The molecule has 0 saturated carbocycles. The fourth-order valence-corrected chi connectivity index (χ4v) is 2.57. The van der Waals surface area contributed by atoms with Gasteiger partial charge in [-0.3, -0.25) is 9.59 Å². The van der Waals surface area contributed by atoms with E-state index in [0.717, 1.165) is 18.7 Å². The molecule has 1 aliphatic heterocycles. The first kappa shape index (κ1) is 14.6. The summed E-state index contributed by atoms with van der Waals surface area (Å²) in [5.41, 5.74) is 0.962. The van der Waals surface area contributed by atoms with Crippen LogP contribution in [0.3, 0.4) is 0 Å². The van der Waals surface area contributed by atoms with Gasteiger partial charge in [-0.15, -0.1) is 0 Å². The molecule has 20 heavy (non-hydrogen) atoms. The minimum Gasteiger partial charge on any atom is -0.333 e. The van der Waals surface area contributed by atoms with E-state index in [1.54, 1.807) is 29.2 Å². The topological polar surface area (TPSA) is 58.4 Å². The van der Waals surface area contributed by atoms with Crippen molar-refractivity contribution < 1.29 is 9.59 Å². The predicted molar refractivity (Wildman–Crippen MR) is 74.8 cm³/mol. The maximum Gasteiger partial charge on any atom is 0.245 e. The Bertz CT molecular complexity index is 497. The molecule has 0 N–H and O–H groups in total. The molecule has 0 unspecified atom stereocenters. The normalized spacial score (nSPS) is 19.9. The van der Waals surface area contributed by atoms with Gasteiger partial charge in [0.15, 0.2) is 0 Å². The lowest BCUT2D eigenvalue weighted by Crippen LogP contribution is -2.58. The molecule has 2 heterocycles. The molecule has 0 bridgehead atoms. The summed E-state index contributed by atoms with van der Waals surface area (Å²) in [6.45, 7) is 7.93. The summed E-state index contributed by atoms with van der Waals surface area (Å²) in [7, 11) is 0. The van der Waals surface area contributed by atoms with Gasteiger partial charge in [-0.25, -0.2) is 4.98 Å². The van der Waals surface area contributed by atoms with E-state index in [9.17, 15) is 9.59 Å². The maximum absolute atomic E-state index is 12.3. The Balaban J connectivity index is 2.13. The van der Waals surface area contributed by atoms with E-state index in [2.05, 4.69) is 4.98 Å². The number of carbonyl (C=O) groups excluding carboxylic acids is 2. The summed E-state index contributed by atoms with van der Waals surface area (Å²) in [5, 5.41) is 0. The van der Waals surface area contributed by atoms with Crippen molar-refractivity contribution in [1.29, 1.82) is 0 Å². The molecule has 0 spiro atoms. The number of hydrogen-bond acceptors (Lipinski definition) is 3. The second-order valence-electron chi connectivity index (χ2n) is 5.13. The number of carbonyl (C=O) groups is 2. The van der Waals surface area contributed by atoms with Crippen LogP contribution in [0.5, 0.6) is 0 Å². The zero-order valence-electron chi connectivity index (χ0n) is 12.4. The van der Waals surface area contributed by atoms with Crippen LogP contribution in [0, 0.1) is 0 Å². The van der Waals surface area contributed by atoms with Gasteiger partial charge < -0.3 is 14.4 Å². The lowest BCUT2D eigenvalue weighted by atomic mass is 10.1. The molecule has 6 nitrogen and oxygen atoms in total. The van der Waals surface area contributed by atoms with E-state index >= 15 is 0 Å². The van der Waals surface area contributed by atoms with E-state index in [4.69, 9.17) is 0 Å². The van der Waals surface area contributed by atoms with Crippen LogP contribution in [0.4, 0.5) is 0 Å². The first-order chi connectivity index (χ1) is 9.58. The molecule has 1 saturated heterocycles. The second kappa shape index (κ2) is 6.07. The van der Waals surface area contributed by atoms with Gasteiger partial charge in [0.2, 0.25) is 11.8 Å².